The van der Waals surface area contributed by atoms with Crippen LogP contribution in [0, 0.1) is 5.82 Å². The molecule has 0 radical (unpaired) electrons. The molecule has 1 saturated carbocycles. The summed E-state index contributed by atoms with van der Waals surface area (Å²) in [7, 11) is 0. The zero-order valence-electron chi connectivity index (χ0n) is 10.5. The van der Waals surface area contributed by atoms with Crippen molar-refractivity contribution in [3.63, 3.8) is 0 Å². The van der Waals surface area contributed by atoms with Gasteiger partial charge in [0.1, 0.15) is 5.82 Å². The van der Waals surface area contributed by atoms with Crippen LogP contribution in [0.5, 0.6) is 0 Å². The molecule has 1 aliphatic carbocycles. The molecule has 2 fully saturated rings. The molecule has 0 aromatic heterocycles. The summed E-state index contributed by atoms with van der Waals surface area (Å²) < 4.78 is 14.0. The van der Waals surface area contributed by atoms with Crippen molar-refractivity contribution in [2.24, 2.45) is 0 Å². The van der Waals surface area contributed by atoms with Gasteiger partial charge in [-0.2, -0.15) is 0 Å². The molecule has 2 nitrogen and oxygen atoms in total. The highest BCUT2D eigenvalue weighted by Gasteiger charge is 2.38. The maximum Gasteiger partial charge on any atom is 0.139 e. The number of nitrogens with one attached hydrogen (secondary N) is 1. The van der Waals surface area contributed by atoms with Crippen molar-refractivity contribution in [3.05, 3.63) is 28.5 Å². The molecule has 0 spiro atoms. The van der Waals surface area contributed by atoms with E-state index >= 15 is 0 Å². The Bertz CT molecular complexity index is 447. The average molecular weight is 313 g/mol. The highest BCUT2D eigenvalue weighted by Crippen LogP contribution is 2.34. The van der Waals surface area contributed by atoms with E-state index in [-0.39, 0.29) is 5.82 Å². The van der Waals surface area contributed by atoms with Crippen LogP contribution in [0.15, 0.2) is 22.7 Å². The fourth-order valence-corrected chi connectivity index (χ4v) is 3.14. The lowest BCUT2D eigenvalue weighted by Gasteiger charge is -2.20. The van der Waals surface area contributed by atoms with Crippen LogP contribution < -0.4 is 5.32 Å². The largest absolute Gasteiger partial charge is 0.381 e. The van der Waals surface area contributed by atoms with Crippen LogP contribution in [0.3, 0.4) is 0 Å². The Kier molecular flexibility index (Phi) is 3.32. The first-order chi connectivity index (χ1) is 8.63. The van der Waals surface area contributed by atoms with E-state index in [1.165, 1.54) is 12.8 Å². The molecule has 98 valence electrons. The molecule has 1 heterocycles. The van der Waals surface area contributed by atoms with Crippen molar-refractivity contribution in [3.8, 4) is 0 Å². The monoisotopic (exact) mass is 312 g/mol. The van der Waals surface area contributed by atoms with Gasteiger partial charge < -0.3 is 5.32 Å². The normalized spacial score (nSPS) is 28.6. The van der Waals surface area contributed by atoms with Gasteiger partial charge in [-0.3, -0.25) is 4.90 Å². The molecule has 1 aliphatic heterocycles. The summed E-state index contributed by atoms with van der Waals surface area (Å²) in [5, 5.41) is 3.45. The number of benzene rings is 1. The molecule has 2 aliphatic rings. The lowest BCUT2D eigenvalue weighted by Crippen LogP contribution is -2.31. The van der Waals surface area contributed by atoms with E-state index in [2.05, 4.69) is 33.1 Å². The van der Waals surface area contributed by atoms with Crippen molar-refractivity contribution >= 4 is 21.6 Å². The molecule has 1 saturated heterocycles. The van der Waals surface area contributed by atoms with E-state index < -0.39 is 0 Å². The molecule has 3 rings (SSSR count). The highest BCUT2D eigenvalue weighted by atomic mass is 79.9. The standard InChI is InChI=1S/C14H18BrFN2/c1-9-6-11(8-18(9)12-3-4-12)17-10-2-5-13(15)14(16)7-10/h2,5,7,9,11-12,17H,3-4,6,8H2,1H3. The van der Waals surface area contributed by atoms with Crippen LogP contribution in [0.4, 0.5) is 10.1 Å². The SMILES string of the molecule is CC1CC(Nc2ccc(Br)c(F)c2)CN1C1CC1. The van der Waals surface area contributed by atoms with Gasteiger partial charge in [-0.15, -0.1) is 0 Å². The summed E-state index contributed by atoms with van der Waals surface area (Å²) in [5.74, 6) is -0.204. The number of hydrogen-bond donors (Lipinski definition) is 1. The number of nitrogens with zero attached hydrogens (tertiary/aromatic N) is 1. The third-order valence-electron chi connectivity index (χ3n) is 3.93. The molecule has 2 unspecified atom stereocenters. The Hall–Kier alpha value is -0.610. The fourth-order valence-electron chi connectivity index (χ4n) is 2.90. The predicted octanol–water partition coefficient (Wildman–Crippen LogP) is 3.63. The van der Waals surface area contributed by atoms with Gasteiger partial charge in [0.05, 0.1) is 4.47 Å². The lowest BCUT2D eigenvalue weighted by atomic mass is 10.2. The van der Waals surface area contributed by atoms with E-state index in [1.54, 1.807) is 12.1 Å². The number of halogens is 2. The van der Waals surface area contributed by atoms with Crippen LogP contribution >= 0.6 is 15.9 Å². The summed E-state index contributed by atoms with van der Waals surface area (Å²) in [5.41, 5.74) is 0.880. The van der Waals surface area contributed by atoms with E-state index in [0.29, 0.717) is 16.6 Å². The molecule has 0 amide bonds. The van der Waals surface area contributed by atoms with Gasteiger partial charge in [-0.05, 0) is 60.3 Å². The van der Waals surface area contributed by atoms with Gasteiger partial charge in [-0.25, -0.2) is 4.39 Å². The minimum absolute atomic E-state index is 0.204. The van der Waals surface area contributed by atoms with E-state index in [4.69, 9.17) is 0 Å². The molecule has 1 aromatic rings. The molecule has 4 heteroatoms. The van der Waals surface area contributed by atoms with E-state index in [1.807, 2.05) is 6.07 Å². The summed E-state index contributed by atoms with van der Waals surface area (Å²) in [4.78, 5) is 2.59. The smallest absolute Gasteiger partial charge is 0.139 e. The maximum atomic E-state index is 13.4. The second kappa shape index (κ2) is 4.82. The lowest BCUT2D eigenvalue weighted by molar-refractivity contribution is 0.257. The first-order valence-electron chi connectivity index (χ1n) is 6.61. The third kappa shape index (κ3) is 2.54. The number of anilines is 1. The minimum atomic E-state index is -0.204. The molecule has 2 atom stereocenters. The topological polar surface area (TPSA) is 15.3 Å². The summed E-state index contributed by atoms with van der Waals surface area (Å²) in [6.45, 7) is 3.38. The van der Waals surface area contributed by atoms with Crippen LogP contribution in [-0.2, 0) is 0 Å². The summed E-state index contributed by atoms with van der Waals surface area (Å²) in [6, 6.07) is 7.16. The third-order valence-corrected chi connectivity index (χ3v) is 4.57. The second-order valence-electron chi connectivity index (χ2n) is 5.48. The first kappa shape index (κ1) is 12.4. The van der Waals surface area contributed by atoms with Crippen molar-refractivity contribution in [2.45, 2.75) is 44.3 Å². The zero-order valence-corrected chi connectivity index (χ0v) is 12.1. The highest BCUT2D eigenvalue weighted by molar-refractivity contribution is 9.10. The minimum Gasteiger partial charge on any atom is -0.381 e. The van der Waals surface area contributed by atoms with Crippen molar-refractivity contribution in [1.82, 2.24) is 4.90 Å². The Morgan fingerprint density at radius 2 is 2.17 bits per heavy atom. The van der Waals surface area contributed by atoms with E-state index in [9.17, 15) is 4.39 Å². The van der Waals surface area contributed by atoms with Crippen LogP contribution in [0.2, 0.25) is 0 Å². The van der Waals surface area contributed by atoms with E-state index in [0.717, 1.165) is 24.7 Å². The van der Waals surface area contributed by atoms with Gasteiger partial charge in [-0.1, -0.05) is 0 Å². The molecule has 0 bridgehead atoms. The van der Waals surface area contributed by atoms with Gasteiger partial charge in [0.15, 0.2) is 0 Å². The van der Waals surface area contributed by atoms with Crippen molar-refractivity contribution in [2.75, 3.05) is 11.9 Å². The molecular weight excluding hydrogens is 295 g/mol. The molecule has 18 heavy (non-hydrogen) atoms. The summed E-state index contributed by atoms with van der Waals surface area (Å²) >= 11 is 3.18. The number of hydrogen-bond acceptors (Lipinski definition) is 2. The summed E-state index contributed by atoms with van der Waals surface area (Å²) in [6.07, 6.45) is 3.85. The van der Waals surface area contributed by atoms with Gasteiger partial charge in [0.25, 0.3) is 0 Å². The quantitative estimate of drug-likeness (QED) is 0.917. The Balaban J connectivity index is 1.64. The van der Waals surface area contributed by atoms with Crippen LogP contribution in [0.1, 0.15) is 26.2 Å². The van der Waals surface area contributed by atoms with Crippen LogP contribution in [-0.4, -0.2) is 29.6 Å². The fraction of sp³-hybridized carbons (Fsp3) is 0.571. The maximum absolute atomic E-state index is 13.4. The van der Waals surface area contributed by atoms with Crippen molar-refractivity contribution in [1.29, 1.82) is 0 Å². The molecular formula is C14H18BrFN2. The molecule has 1 aromatic carbocycles. The Morgan fingerprint density at radius 1 is 1.39 bits per heavy atom. The zero-order chi connectivity index (χ0) is 12.7. The van der Waals surface area contributed by atoms with Gasteiger partial charge >= 0.3 is 0 Å². The Labute approximate surface area is 116 Å². The van der Waals surface area contributed by atoms with Crippen molar-refractivity contribution < 1.29 is 4.39 Å². The molecule has 1 N–H and O–H groups in total. The Morgan fingerprint density at radius 3 is 2.83 bits per heavy atom. The average Bonchev–Trinajstić information content (AvgIpc) is 3.09. The number of likely N-dealkylation sites (tertiary alicyclic amines) is 1. The first-order valence-corrected chi connectivity index (χ1v) is 7.40. The number of rotatable bonds is 3. The second-order valence-corrected chi connectivity index (χ2v) is 6.34. The van der Waals surface area contributed by atoms with Crippen LogP contribution in [0.25, 0.3) is 0 Å². The van der Waals surface area contributed by atoms with Gasteiger partial charge in [0.2, 0.25) is 0 Å². The van der Waals surface area contributed by atoms with Gasteiger partial charge in [0, 0.05) is 30.4 Å². The predicted molar refractivity (Wildman–Crippen MR) is 75.3 cm³/mol.